The Morgan fingerprint density at radius 2 is 1.90 bits per heavy atom. The van der Waals surface area contributed by atoms with Crippen LogP contribution in [0.1, 0.15) is 38.2 Å². The summed E-state index contributed by atoms with van der Waals surface area (Å²) in [5, 5.41) is 0. The molecule has 0 aliphatic carbocycles. The molecule has 0 saturated heterocycles. The van der Waals surface area contributed by atoms with E-state index in [4.69, 9.17) is 4.74 Å². The van der Waals surface area contributed by atoms with Crippen molar-refractivity contribution >= 4 is 11.8 Å². The summed E-state index contributed by atoms with van der Waals surface area (Å²) in [6.07, 6.45) is 2.64. The van der Waals surface area contributed by atoms with Gasteiger partial charge in [-0.1, -0.05) is 49.1 Å². The Morgan fingerprint density at radius 3 is 2.60 bits per heavy atom. The number of rotatable bonds is 7. The van der Waals surface area contributed by atoms with Crippen molar-refractivity contribution in [3.05, 3.63) is 35.9 Å². The average Bonchev–Trinajstić information content (AvgIpc) is 2.46. The smallest absolute Gasteiger partial charge is 0.314 e. The van der Waals surface area contributed by atoms with Crippen LogP contribution in [-0.2, 0) is 20.7 Å². The van der Waals surface area contributed by atoms with Gasteiger partial charge in [0, 0.05) is 12.8 Å². The number of unbranched alkanes of at least 4 members (excludes halogenated alkanes) is 1. The molecule has 0 atom stereocenters. The fraction of sp³-hybridized carbons (Fsp3) is 0.412. The van der Waals surface area contributed by atoms with Crippen molar-refractivity contribution in [1.29, 1.82) is 0 Å². The molecule has 106 valence electrons. The number of carbonyl (C=O) groups is 2. The second kappa shape index (κ2) is 9.80. The van der Waals surface area contributed by atoms with Crippen LogP contribution in [0.2, 0.25) is 0 Å². The Morgan fingerprint density at radius 1 is 1.15 bits per heavy atom. The minimum absolute atomic E-state index is 0.0742. The highest BCUT2D eigenvalue weighted by Crippen LogP contribution is 2.04. The molecule has 3 heteroatoms. The summed E-state index contributed by atoms with van der Waals surface area (Å²) in [6, 6.07) is 9.73. The van der Waals surface area contributed by atoms with E-state index in [1.54, 1.807) is 0 Å². The maximum Gasteiger partial charge on any atom is 0.314 e. The van der Waals surface area contributed by atoms with Gasteiger partial charge in [0.25, 0.3) is 0 Å². The number of Topliss-reactive ketones (excluding diaryl/α,β-unsaturated/α-hetero) is 1. The second-order valence-corrected chi connectivity index (χ2v) is 4.47. The molecule has 0 amide bonds. The van der Waals surface area contributed by atoms with Crippen LogP contribution in [0.5, 0.6) is 0 Å². The van der Waals surface area contributed by atoms with Gasteiger partial charge in [-0.05, 0) is 18.4 Å². The van der Waals surface area contributed by atoms with Gasteiger partial charge in [-0.15, -0.1) is 0 Å². The molecule has 20 heavy (non-hydrogen) atoms. The molecule has 0 bridgehead atoms. The first-order valence-electron chi connectivity index (χ1n) is 6.89. The Kier molecular flexibility index (Phi) is 7.83. The maximum atomic E-state index is 11.6. The molecule has 0 spiro atoms. The van der Waals surface area contributed by atoms with Gasteiger partial charge in [0.15, 0.2) is 6.61 Å². The van der Waals surface area contributed by atoms with Crippen LogP contribution in [0.25, 0.3) is 0 Å². The molecular weight excluding hydrogens is 252 g/mol. The van der Waals surface area contributed by atoms with Crippen molar-refractivity contribution in [1.82, 2.24) is 0 Å². The third kappa shape index (κ3) is 7.38. The molecule has 0 N–H and O–H groups in total. The van der Waals surface area contributed by atoms with Gasteiger partial charge in [0.05, 0.1) is 0 Å². The van der Waals surface area contributed by atoms with Gasteiger partial charge < -0.3 is 4.74 Å². The van der Waals surface area contributed by atoms with Crippen molar-refractivity contribution in [2.45, 2.75) is 39.0 Å². The van der Waals surface area contributed by atoms with E-state index in [9.17, 15) is 9.59 Å². The van der Waals surface area contributed by atoms with E-state index < -0.39 is 5.97 Å². The average molecular weight is 272 g/mol. The predicted molar refractivity (Wildman–Crippen MR) is 78.0 cm³/mol. The van der Waals surface area contributed by atoms with Crippen LogP contribution in [0, 0.1) is 11.8 Å². The van der Waals surface area contributed by atoms with Gasteiger partial charge in [-0.25, -0.2) is 0 Å². The zero-order valence-electron chi connectivity index (χ0n) is 11.9. The molecule has 0 aromatic heterocycles. The van der Waals surface area contributed by atoms with E-state index in [1.807, 2.05) is 37.3 Å². The van der Waals surface area contributed by atoms with Crippen LogP contribution < -0.4 is 0 Å². The van der Waals surface area contributed by atoms with Gasteiger partial charge >= 0.3 is 5.97 Å². The topological polar surface area (TPSA) is 43.4 Å². The first-order chi connectivity index (χ1) is 9.72. The van der Waals surface area contributed by atoms with Gasteiger partial charge in [-0.2, -0.15) is 0 Å². The van der Waals surface area contributed by atoms with Gasteiger partial charge in [0.1, 0.15) is 12.2 Å². The number of ether oxygens (including phenoxy) is 1. The highest BCUT2D eigenvalue weighted by Gasteiger charge is 2.10. The van der Waals surface area contributed by atoms with E-state index in [1.165, 1.54) is 0 Å². The molecule has 0 unspecified atom stereocenters. The standard InChI is InChI=1S/C17H20O3/c1-2-3-4-8-13-20-17(19)14-16(18)12-11-15-9-6-5-7-10-15/h5-7,9-10H,2-3,11-14H2,1H3. The number of ketones is 1. The minimum atomic E-state index is -0.492. The fourth-order valence-electron chi connectivity index (χ4n) is 1.61. The van der Waals surface area contributed by atoms with E-state index in [2.05, 4.69) is 11.8 Å². The molecule has 1 rings (SSSR count). The van der Waals surface area contributed by atoms with E-state index in [0.29, 0.717) is 12.8 Å². The van der Waals surface area contributed by atoms with Gasteiger partial charge in [-0.3, -0.25) is 9.59 Å². The van der Waals surface area contributed by atoms with E-state index >= 15 is 0 Å². The summed E-state index contributed by atoms with van der Waals surface area (Å²) >= 11 is 0. The number of esters is 1. The SMILES string of the molecule is CCCC#CCOC(=O)CC(=O)CCc1ccccc1. The minimum Gasteiger partial charge on any atom is -0.452 e. The molecule has 1 aromatic carbocycles. The number of hydrogen-bond donors (Lipinski definition) is 0. The zero-order valence-corrected chi connectivity index (χ0v) is 11.9. The molecule has 0 heterocycles. The number of benzene rings is 1. The van der Waals surface area contributed by atoms with Crippen LogP contribution in [0.15, 0.2) is 30.3 Å². The van der Waals surface area contributed by atoms with Crippen molar-refractivity contribution in [2.24, 2.45) is 0 Å². The molecule has 0 saturated carbocycles. The normalized spacial score (nSPS) is 9.45. The van der Waals surface area contributed by atoms with Crippen molar-refractivity contribution in [3.8, 4) is 11.8 Å². The van der Waals surface area contributed by atoms with Crippen LogP contribution >= 0.6 is 0 Å². The van der Waals surface area contributed by atoms with E-state index in [0.717, 1.165) is 18.4 Å². The molecule has 1 aromatic rings. The number of aryl methyl sites for hydroxylation is 1. The van der Waals surface area contributed by atoms with E-state index in [-0.39, 0.29) is 18.8 Å². The lowest BCUT2D eigenvalue weighted by Gasteiger charge is -2.01. The maximum absolute atomic E-state index is 11.6. The summed E-state index contributed by atoms with van der Waals surface area (Å²) in [7, 11) is 0. The van der Waals surface area contributed by atoms with Crippen molar-refractivity contribution < 1.29 is 14.3 Å². The second-order valence-electron chi connectivity index (χ2n) is 4.47. The first kappa shape index (κ1) is 16.0. The first-order valence-corrected chi connectivity index (χ1v) is 6.89. The fourth-order valence-corrected chi connectivity index (χ4v) is 1.61. The Labute approximate surface area is 120 Å². The number of hydrogen-bond acceptors (Lipinski definition) is 3. The largest absolute Gasteiger partial charge is 0.452 e. The molecule has 0 aliphatic heterocycles. The number of carbonyl (C=O) groups excluding carboxylic acids is 2. The van der Waals surface area contributed by atoms with Crippen molar-refractivity contribution in [2.75, 3.05) is 6.61 Å². The molecule has 0 radical (unpaired) electrons. The quantitative estimate of drug-likeness (QED) is 0.435. The van der Waals surface area contributed by atoms with Crippen molar-refractivity contribution in [3.63, 3.8) is 0 Å². The lowest BCUT2D eigenvalue weighted by atomic mass is 10.1. The summed E-state index contributed by atoms with van der Waals surface area (Å²) in [4.78, 5) is 23.0. The molecule has 3 nitrogen and oxygen atoms in total. The summed E-state index contributed by atoms with van der Waals surface area (Å²) in [6.45, 7) is 2.11. The van der Waals surface area contributed by atoms with Gasteiger partial charge in [0.2, 0.25) is 0 Å². The van der Waals surface area contributed by atoms with Crippen LogP contribution in [0.3, 0.4) is 0 Å². The zero-order chi connectivity index (χ0) is 14.6. The summed E-state index contributed by atoms with van der Waals surface area (Å²) < 4.78 is 4.88. The third-order valence-corrected chi connectivity index (χ3v) is 2.68. The molecular formula is C17H20O3. The summed E-state index contributed by atoms with van der Waals surface area (Å²) in [5.74, 6) is 5.03. The monoisotopic (exact) mass is 272 g/mol. The Hall–Kier alpha value is -2.08. The lowest BCUT2D eigenvalue weighted by molar-refractivity contribution is -0.144. The third-order valence-electron chi connectivity index (χ3n) is 2.68. The Balaban J connectivity index is 2.19. The molecule has 0 aliphatic rings. The summed E-state index contributed by atoms with van der Waals surface area (Å²) in [5.41, 5.74) is 1.10. The Bertz CT molecular complexity index is 480. The van der Waals surface area contributed by atoms with Crippen LogP contribution in [-0.4, -0.2) is 18.4 Å². The lowest BCUT2D eigenvalue weighted by Crippen LogP contribution is -2.12. The highest BCUT2D eigenvalue weighted by molar-refractivity contribution is 5.95. The van der Waals surface area contributed by atoms with Crippen LogP contribution in [0.4, 0.5) is 0 Å². The predicted octanol–water partition coefficient (Wildman–Crippen LogP) is 2.93. The molecule has 0 fully saturated rings. The highest BCUT2D eigenvalue weighted by atomic mass is 16.5.